The summed E-state index contributed by atoms with van der Waals surface area (Å²) < 4.78 is 25.5. The minimum absolute atomic E-state index is 0.198. The number of hydrogen-bond donors (Lipinski definition) is 1. The molecule has 0 amide bonds. The lowest BCUT2D eigenvalue weighted by Crippen LogP contribution is -2.34. The van der Waals surface area contributed by atoms with Gasteiger partial charge in [-0.15, -0.1) is 0 Å². The lowest BCUT2D eigenvalue weighted by Gasteiger charge is -2.22. The number of aromatic nitrogens is 3. The minimum atomic E-state index is -3.03. The molecule has 2 fully saturated rings. The number of aromatic amines is 1. The van der Waals surface area contributed by atoms with Crippen LogP contribution in [0.2, 0.25) is 0 Å². The highest BCUT2D eigenvalue weighted by molar-refractivity contribution is 7.89. The summed E-state index contributed by atoms with van der Waals surface area (Å²) in [6.45, 7) is 3.99. The molecule has 124 valence electrons. The molecule has 4 rings (SSSR count). The minimum Gasteiger partial charge on any atom is -0.359 e. The van der Waals surface area contributed by atoms with Crippen LogP contribution in [-0.2, 0) is 10.0 Å². The monoisotopic (exact) mass is 335 g/mol. The molecule has 3 heterocycles. The fourth-order valence-electron chi connectivity index (χ4n) is 3.86. The fraction of sp³-hybridized carbons (Fsp3) is 0.600. The first-order chi connectivity index (χ1) is 11.0. The van der Waals surface area contributed by atoms with Gasteiger partial charge in [0.1, 0.15) is 17.8 Å². The number of anilines is 1. The summed E-state index contributed by atoms with van der Waals surface area (Å²) in [5, 5.41) is 1.02. The molecule has 1 unspecified atom stereocenters. The number of hydrogen-bond acceptors (Lipinski definition) is 5. The number of sulfonamides is 1. The molecule has 3 atom stereocenters. The van der Waals surface area contributed by atoms with Crippen LogP contribution >= 0.6 is 0 Å². The van der Waals surface area contributed by atoms with E-state index in [2.05, 4.69) is 19.9 Å². The average Bonchev–Trinajstić information content (AvgIpc) is 2.97. The Labute approximate surface area is 135 Å². The third kappa shape index (κ3) is 2.40. The highest BCUT2D eigenvalue weighted by Crippen LogP contribution is 2.52. The van der Waals surface area contributed by atoms with Crippen LogP contribution in [0.5, 0.6) is 0 Å². The summed E-state index contributed by atoms with van der Waals surface area (Å²) in [4.78, 5) is 13.9. The summed E-state index contributed by atoms with van der Waals surface area (Å²) in [5.74, 6) is 2.69. The summed E-state index contributed by atoms with van der Waals surface area (Å²) >= 11 is 0. The predicted molar refractivity (Wildman–Crippen MR) is 88.7 cm³/mol. The van der Waals surface area contributed by atoms with E-state index in [1.54, 1.807) is 17.6 Å². The van der Waals surface area contributed by atoms with Gasteiger partial charge in [-0.05, 0) is 30.7 Å². The van der Waals surface area contributed by atoms with Crippen molar-refractivity contribution < 1.29 is 8.42 Å². The first-order valence-corrected chi connectivity index (χ1v) is 9.59. The van der Waals surface area contributed by atoms with E-state index in [-0.39, 0.29) is 5.75 Å². The third-order valence-electron chi connectivity index (χ3n) is 5.28. The van der Waals surface area contributed by atoms with Gasteiger partial charge in [0.15, 0.2) is 0 Å². The fourth-order valence-corrected chi connectivity index (χ4v) is 5.02. The molecule has 1 saturated carbocycles. The standard InChI is InChI=1S/C15H21N5O2S/c1-3-23(21,22)20-7-12-11(13(12)8-20)6-19(2)15-10-4-5-16-14(10)17-9-18-15/h4-5,9,11-13H,3,6-8H2,1-2H3,(H,16,17,18)/t11?,12-,13+. The van der Waals surface area contributed by atoms with Gasteiger partial charge in [0, 0.05) is 32.9 Å². The maximum Gasteiger partial charge on any atom is 0.213 e. The Balaban J connectivity index is 1.43. The molecule has 0 radical (unpaired) electrons. The Hall–Kier alpha value is -1.67. The van der Waals surface area contributed by atoms with E-state index >= 15 is 0 Å². The van der Waals surface area contributed by atoms with E-state index in [9.17, 15) is 8.42 Å². The molecular weight excluding hydrogens is 314 g/mol. The summed E-state index contributed by atoms with van der Waals surface area (Å²) in [5.41, 5.74) is 0.845. The second-order valence-corrected chi connectivity index (χ2v) is 8.78. The second-order valence-electron chi connectivity index (χ2n) is 6.53. The maximum absolute atomic E-state index is 11.9. The van der Waals surface area contributed by atoms with Crippen molar-refractivity contribution in [3.63, 3.8) is 0 Å². The van der Waals surface area contributed by atoms with Crippen molar-refractivity contribution in [2.24, 2.45) is 17.8 Å². The molecule has 1 N–H and O–H groups in total. The molecule has 0 bridgehead atoms. The van der Waals surface area contributed by atoms with Crippen LogP contribution in [0.3, 0.4) is 0 Å². The van der Waals surface area contributed by atoms with Crippen LogP contribution in [0.4, 0.5) is 5.82 Å². The number of nitrogens with zero attached hydrogens (tertiary/aromatic N) is 4. The number of rotatable bonds is 5. The Morgan fingerprint density at radius 1 is 1.35 bits per heavy atom. The maximum atomic E-state index is 11.9. The van der Waals surface area contributed by atoms with Crippen molar-refractivity contribution >= 4 is 26.9 Å². The Bertz CT molecular complexity index is 821. The van der Waals surface area contributed by atoms with Crippen molar-refractivity contribution in [1.82, 2.24) is 19.3 Å². The first-order valence-electron chi connectivity index (χ1n) is 7.98. The molecule has 2 aromatic heterocycles. The summed E-state index contributed by atoms with van der Waals surface area (Å²) in [6, 6.07) is 1.99. The Morgan fingerprint density at radius 3 is 2.78 bits per heavy atom. The second kappa shape index (κ2) is 5.17. The zero-order chi connectivity index (χ0) is 16.2. The van der Waals surface area contributed by atoms with Crippen molar-refractivity contribution in [2.75, 3.05) is 37.3 Å². The van der Waals surface area contributed by atoms with Crippen LogP contribution in [0, 0.1) is 17.8 Å². The van der Waals surface area contributed by atoms with Gasteiger partial charge >= 0.3 is 0 Å². The van der Waals surface area contributed by atoms with Crippen molar-refractivity contribution in [2.45, 2.75) is 6.92 Å². The molecular formula is C15H21N5O2S. The van der Waals surface area contributed by atoms with Gasteiger partial charge in [0.25, 0.3) is 0 Å². The zero-order valence-corrected chi connectivity index (χ0v) is 14.1. The highest BCUT2D eigenvalue weighted by Gasteiger charge is 2.57. The van der Waals surface area contributed by atoms with Gasteiger partial charge in [-0.3, -0.25) is 0 Å². The normalized spacial score (nSPS) is 27.3. The van der Waals surface area contributed by atoms with Crippen LogP contribution in [-0.4, -0.2) is 60.1 Å². The van der Waals surface area contributed by atoms with Gasteiger partial charge in [-0.25, -0.2) is 22.7 Å². The van der Waals surface area contributed by atoms with Gasteiger partial charge in [0.05, 0.1) is 11.1 Å². The van der Waals surface area contributed by atoms with Crippen LogP contribution in [0.1, 0.15) is 6.92 Å². The number of fused-ring (bicyclic) bond motifs is 2. The van der Waals surface area contributed by atoms with Crippen LogP contribution < -0.4 is 4.90 Å². The molecule has 0 spiro atoms. The molecule has 1 saturated heterocycles. The Morgan fingerprint density at radius 2 is 2.09 bits per heavy atom. The van der Waals surface area contributed by atoms with Gasteiger partial charge in [-0.2, -0.15) is 0 Å². The largest absolute Gasteiger partial charge is 0.359 e. The molecule has 1 aliphatic carbocycles. The van der Waals surface area contributed by atoms with Crippen molar-refractivity contribution in [3.05, 3.63) is 18.6 Å². The summed E-state index contributed by atoms with van der Waals surface area (Å²) in [7, 11) is -0.986. The van der Waals surface area contributed by atoms with E-state index in [1.807, 2.05) is 19.3 Å². The molecule has 8 heteroatoms. The quantitative estimate of drug-likeness (QED) is 0.879. The van der Waals surface area contributed by atoms with Gasteiger partial charge < -0.3 is 9.88 Å². The zero-order valence-electron chi connectivity index (χ0n) is 13.3. The van der Waals surface area contributed by atoms with Crippen molar-refractivity contribution in [1.29, 1.82) is 0 Å². The SMILES string of the molecule is CCS(=O)(=O)N1C[C@@H]2C(CN(C)c3ncnc4[nH]ccc34)[C@@H]2C1. The topological polar surface area (TPSA) is 82.2 Å². The smallest absolute Gasteiger partial charge is 0.213 e. The van der Waals surface area contributed by atoms with E-state index in [4.69, 9.17) is 0 Å². The Kier molecular flexibility index (Phi) is 3.35. The molecule has 2 aliphatic rings. The lowest BCUT2D eigenvalue weighted by molar-refractivity contribution is 0.413. The van der Waals surface area contributed by atoms with E-state index in [0.717, 1.165) is 23.4 Å². The molecule has 7 nitrogen and oxygen atoms in total. The van der Waals surface area contributed by atoms with E-state index < -0.39 is 10.0 Å². The van der Waals surface area contributed by atoms with E-state index in [0.29, 0.717) is 30.8 Å². The van der Waals surface area contributed by atoms with E-state index in [1.165, 1.54) is 0 Å². The average molecular weight is 335 g/mol. The number of piperidine rings is 1. The first kappa shape index (κ1) is 14.9. The van der Waals surface area contributed by atoms with Crippen molar-refractivity contribution in [3.8, 4) is 0 Å². The molecule has 23 heavy (non-hydrogen) atoms. The number of nitrogens with one attached hydrogen (secondary N) is 1. The van der Waals surface area contributed by atoms with Crippen LogP contribution in [0.15, 0.2) is 18.6 Å². The number of H-pyrrole nitrogens is 1. The predicted octanol–water partition coefficient (Wildman–Crippen LogP) is 0.922. The van der Waals surface area contributed by atoms with Crippen LogP contribution in [0.25, 0.3) is 11.0 Å². The molecule has 1 aliphatic heterocycles. The molecule has 0 aromatic carbocycles. The molecule has 2 aromatic rings. The third-order valence-corrected chi connectivity index (χ3v) is 7.09. The van der Waals surface area contributed by atoms with Gasteiger partial charge in [-0.1, -0.05) is 0 Å². The summed E-state index contributed by atoms with van der Waals surface area (Å²) in [6.07, 6.45) is 3.45. The highest BCUT2D eigenvalue weighted by atomic mass is 32.2. The van der Waals surface area contributed by atoms with Gasteiger partial charge in [0.2, 0.25) is 10.0 Å². The lowest BCUT2D eigenvalue weighted by atomic mass is 10.2.